The first kappa shape index (κ1) is 10.2. The molecule has 0 saturated heterocycles. The van der Waals surface area contributed by atoms with Crippen LogP contribution in [0.1, 0.15) is 5.56 Å². The summed E-state index contributed by atoms with van der Waals surface area (Å²) in [6.45, 7) is 0. The van der Waals surface area contributed by atoms with Gasteiger partial charge in [-0.25, -0.2) is 0 Å². The molecule has 0 radical (unpaired) electrons. The van der Waals surface area contributed by atoms with E-state index < -0.39 is 11.7 Å². The van der Waals surface area contributed by atoms with Gasteiger partial charge >= 0.3 is 85.8 Å². The molecular formula is C7H3ClF3Sn+3. The van der Waals surface area contributed by atoms with E-state index in [0.29, 0.717) is 3.58 Å². The minimum absolute atomic E-state index is 0.242. The second kappa shape index (κ2) is 3.46. The molecule has 0 N–H and O–H groups in total. The van der Waals surface area contributed by atoms with Crippen LogP contribution in [0.2, 0.25) is 5.02 Å². The van der Waals surface area contributed by atoms with Crippen molar-refractivity contribution < 1.29 is 13.2 Å². The third-order valence-corrected chi connectivity index (χ3v) is 2.49. The van der Waals surface area contributed by atoms with E-state index in [-0.39, 0.29) is 5.02 Å². The van der Waals surface area contributed by atoms with Crippen molar-refractivity contribution in [1.82, 2.24) is 0 Å². The maximum atomic E-state index is 12.2. The number of hydrogen-bond acceptors (Lipinski definition) is 0. The van der Waals surface area contributed by atoms with Crippen molar-refractivity contribution in [2.24, 2.45) is 0 Å². The van der Waals surface area contributed by atoms with Gasteiger partial charge in [-0.1, -0.05) is 0 Å². The molecule has 0 aliphatic heterocycles. The summed E-state index contributed by atoms with van der Waals surface area (Å²) in [7, 11) is 0. The normalized spacial score (nSPS) is 11.8. The van der Waals surface area contributed by atoms with Crippen molar-refractivity contribution in [2.75, 3.05) is 0 Å². The van der Waals surface area contributed by atoms with Crippen LogP contribution in [-0.4, -0.2) is 22.5 Å². The predicted molar refractivity (Wildman–Crippen MR) is 41.8 cm³/mol. The molecule has 0 aliphatic rings. The van der Waals surface area contributed by atoms with E-state index in [9.17, 15) is 13.2 Å². The average Bonchev–Trinajstić information content (AvgIpc) is 1.92. The van der Waals surface area contributed by atoms with Crippen molar-refractivity contribution in [3.63, 3.8) is 0 Å². The fourth-order valence-corrected chi connectivity index (χ4v) is 1.62. The van der Waals surface area contributed by atoms with Crippen molar-refractivity contribution in [3.05, 3.63) is 28.8 Å². The Morgan fingerprint density at radius 1 is 1.25 bits per heavy atom. The van der Waals surface area contributed by atoms with Crippen LogP contribution in [0.15, 0.2) is 18.2 Å². The summed E-state index contributed by atoms with van der Waals surface area (Å²) in [5.41, 5.74) is -0.751. The van der Waals surface area contributed by atoms with Gasteiger partial charge in [-0.05, 0) is 0 Å². The molecule has 60 valence electrons. The molecule has 12 heavy (non-hydrogen) atoms. The predicted octanol–water partition coefficient (Wildman–Crippen LogP) is 2.15. The molecule has 0 aromatic heterocycles. The zero-order valence-corrected chi connectivity index (χ0v) is 9.35. The molecule has 0 nitrogen and oxygen atoms in total. The van der Waals surface area contributed by atoms with E-state index in [4.69, 9.17) is 11.6 Å². The van der Waals surface area contributed by atoms with Crippen LogP contribution in [0.4, 0.5) is 13.2 Å². The first-order valence-corrected chi connectivity index (χ1v) is 4.80. The van der Waals surface area contributed by atoms with Crippen LogP contribution in [0.5, 0.6) is 0 Å². The Kier molecular flexibility index (Phi) is 2.93. The Morgan fingerprint density at radius 3 is 2.25 bits per heavy atom. The summed E-state index contributed by atoms with van der Waals surface area (Å²) < 4.78 is 37.1. The van der Waals surface area contributed by atoms with E-state index in [1.807, 2.05) is 0 Å². The van der Waals surface area contributed by atoms with Crippen molar-refractivity contribution in [1.29, 1.82) is 0 Å². The van der Waals surface area contributed by atoms with E-state index in [0.717, 1.165) is 28.6 Å². The third-order valence-electron chi connectivity index (χ3n) is 1.27. The van der Waals surface area contributed by atoms with Gasteiger partial charge < -0.3 is 0 Å². The van der Waals surface area contributed by atoms with Crippen molar-refractivity contribution in [3.8, 4) is 0 Å². The molecule has 0 amide bonds. The van der Waals surface area contributed by atoms with Crippen LogP contribution in [0.3, 0.4) is 0 Å². The van der Waals surface area contributed by atoms with Gasteiger partial charge in [0.2, 0.25) is 0 Å². The molecule has 0 aliphatic carbocycles. The van der Waals surface area contributed by atoms with Gasteiger partial charge in [0.05, 0.1) is 0 Å². The number of alkyl halides is 3. The third kappa shape index (κ3) is 2.29. The summed E-state index contributed by atoms with van der Waals surface area (Å²) in [5.74, 6) is 0. The van der Waals surface area contributed by atoms with Gasteiger partial charge in [0.1, 0.15) is 0 Å². The standard InChI is InChI=1S/C7H3ClF3.Sn/c8-6-4-2-1-3-5(6)7(9,10)11;/h2-4H;/q;+3. The molecule has 1 aromatic carbocycles. The Balaban J connectivity index is 3.23. The Morgan fingerprint density at radius 2 is 1.83 bits per heavy atom. The van der Waals surface area contributed by atoms with Gasteiger partial charge in [-0.2, -0.15) is 0 Å². The SMILES string of the molecule is FC(F)(F)c1c[c]([Sn+3])ccc1Cl. The van der Waals surface area contributed by atoms with Crippen LogP contribution in [0, 0.1) is 0 Å². The van der Waals surface area contributed by atoms with E-state index in [1.54, 1.807) is 6.07 Å². The molecule has 0 fully saturated rings. The van der Waals surface area contributed by atoms with E-state index >= 15 is 0 Å². The van der Waals surface area contributed by atoms with Crippen molar-refractivity contribution >= 4 is 37.7 Å². The van der Waals surface area contributed by atoms with Gasteiger partial charge in [-0.15, -0.1) is 0 Å². The number of rotatable bonds is 0. The molecule has 0 atom stereocenters. The van der Waals surface area contributed by atoms with Crippen LogP contribution < -0.4 is 3.58 Å². The molecular weight excluding hydrogens is 295 g/mol. The first-order chi connectivity index (χ1) is 5.41. The maximum absolute atomic E-state index is 12.2. The molecule has 0 heterocycles. The van der Waals surface area contributed by atoms with Gasteiger partial charge in [0.15, 0.2) is 0 Å². The van der Waals surface area contributed by atoms with E-state index in [2.05, 4.69) is 0 Å². The van der Waals surface area contributed by atoms with Gasteiger partial charge in [-0.3, -0.25) is 0 Å². The number of halogens is 4. The second-order valence-electron chi connectivity index (χ2n) is 2.19. The minimum atomic E-state index is -4.34. The van der Waals surface area contributed by atoms with Gasteiger partial charge in [0, 0.05) is 0 Å². The monoisotopic (exact) mass is 299 g/mol. The molecule has 0 bridgehead atoms. The molecule has 5 heteroatoms. The summed E-state index contributed by atoms with van der Waals surface area (Å²) in [4.78, 5) is 0. The molecule has 0 spiro atoms. The zero-order chi connectivity index (χ0) is 9.35. The fourth-order valence-electron chi connectivity index (χ4n) is 0.743. The zero-order valence-electron chi connectivity index (χ0n) is 5.74. The summed E-state index contributed by atoms with van der Waals surface area (Å²) in [6, 6.07) is 3.92. The van der Waals surface area contributed by atoms with Crippen LogP contribution in [0.25, 0.3) is 0 Å². The van der Waals surface area contributed by atoms with Crippen LogP contribution in [-0.2, 0) is 6.18 Å². The topological polar surface area (TPSA) is 0 Å². The van der Waals surface area contributed by atoms with Gasteiger partial charge in [0.25, 0.3) is 0 Å². The Bertz CT molecular complexity index is 295. The number of hydrogen-bond donors (Lipinski definition) is 0. The molecule has 1 aromatic rings. The summed E-state index contributed by atoms with van der Waals surface area (Å²) in [5, 5.41) is -0.242. The molecule has 0 saturated carbocycles. The summed E-state index contributed by atoms with van der Waals surface area (Å²) in [6.07, 6.45) is -4.34. The van der Waals surface area contributed by atoms with Crippen LogP contribution >= 0.6 is 11.6 Å². The fraction of sp³-hybridized carbons (Fsp3) is 0.143. The Labute approximate surface area is 85.8 Å². The van der Waals surface area contributed by atoms with Crippen molar-refractivity contribution in [2.45, 2.75) is 6.18 Å². The second-order valence-corrected chi connectivity index (χ2v) is 4.25. The summed E-state index contributed by atoms with van der Waals surface area (Å²) >= 11 is 6.32. The molecule has 0 unspecified atom stereocenters. The Hall–Kier alpha value is 0.0987. The average molecular weight is 298 g/mol. The number of benzene rings is 1. The quantitative estimate of drug-likeness (QED) is 0.644. The van der Waals surface area contributed by atoms with E-state index in [1.165, 1.54) is 6.07 Å². The first-order valence-electron chi connectivity index (χ1n) is 2.99. The molecule has 1 rings (SSSR count).